The van der Waals surface area contributed by atoms with Crippen LogP contribution in [0.25, 0.3) is 28.0 Å². The molecule has 0 radical (unpaired) electrons. The van der Waals surface area contributed by atoms with Gasteiger partial charge in [0.15, 0.2) is 0 Å². The van der Waals surface area contributed by atoms with E-state index in [2.05, 4.69) is 20.9 Å². The number of aryl methyl sites for hydroxylation is 1. The highest BCUT2D eigenvalue weighted by molar-refractivity contribution is 5.97. The van der Waals surface area contributed by atoms with Crippen LogP contribution in [0.1, 0.15) is 34.0 Å². The standard InChI is InChI=1S/C33H33FN6O3/c1-19-17-39(29-13-12-23(34)15-27(19)29)24-9-6-8-22(14-24)18-40-30(25-10-7-11-26(20(25)2)32(42)36-5)37-16-28(33(40)43)38-31(41)21(3)35-4/h6-17,21,35H,18H2,1-5H3,(H,36,42)(H,38,41)/t21-/m0/s1. The molecule has 5 aromatic rings. The molecule has 0 unspecified atom stereocenters. The predicted molar refractivity (Wildman–Crippen MR) is 166 cm³/mol. The number of carbonyl (C=O) groups is 2. The highest BCUT2D eigenvalue weighted by Crippen LogP contribution is 2.27. The molecular formula is C33H33FN6O3. The van der Waals surface area contributed by atoms with Gasteiger partial charge in [0, 0.05) is 35.4 Å². The molecule has 220 valence electrons. The lowest BCUT2D eigenvalue weighted by molar-refractivity contribution is -0.117. The summed E-state index contributed by atoms with van der Waals surface area (Å²) in [6.07, 6.45) is 3.31. The third kappa shape index (κ3) is 5.69. The Bertz CT molecular complexity index is 1930. The quantitative estimate of drug-likeness (QED) is 0.249. The topological polar surface area (TPSA) is 110 Å². The number of halogens is 1. The van der Waals surface area contributed by atoms with E-state index in [1.807, 2.05) is 54.9 Å². The van der Waals surface area contributed by atoms with E-state index < -0.39 is 11.6 Å². The number of nitrogens with one attached hydrogen (secondary N) is 3. The lowest BCUT2D eigenvalue weighted by Crippen LogP contribution is -2.38. The Balaban J connectivity index is 1.63. The molecule has 0 saturated carbocycles. The maximum atomic E-state index is 13.9. The largest absolute Gasteiger partial charge is 0.355 e. The fourth-order valence-corrected chi connectivity index (χ4v) is 5.14. The van der Waals surface area contributed by atoms with Crippen molar-refractivity contribution in [1.82, 2.24) is 24.8 Å². The van der Waals surface area contributed by atoms with E-state index in [-0.39, 0.29) is 29.9 Å². The van der Waals surface area contributed by atoms with Crippen LogP contribution in [0.3, 0.4) is 0 Å². The number of anilines is 1. The van der Waals surface area contributed by atoms with Crippen LogP contribution in [0.4, 0.5) is 10.1 Å². The molecule has 0 spiro atoms. The highest BCUT2D eigenvalue weighted by Gasteiger charge is 2.20. The Hall–Kier alpha value is -5.09. The minimum atomic E-state index is -0.524. The van der Waals surface area contributed by atoms with Crippen LogP contribution in [-0.4, -0.2) is 46.1 Å². The van der Waals surface area contributed by atoms with Gasteiger partial charge in [0.1, 0.15) is 17.3 Å². The van der Waals surface area contributed by atoms with E-state index in [4.69, 9.17) is 0 Å². The zero-order valence-electron chi connectivity index (χ0n) is 24.7. The van der Waals surface area contributed by atoms with E-state index in [9.17, 15) is 18.8 Å². The van der Waals surface area contributed by atoms with Crippen molar-refractivity contribution in [3.8, 4) is 17.1 Å². The number of rotatable bonds is 8. The van der Waals surface area contributed by atoms with Gasteiger partial charge >= 0.3 is 0 Å². The van der Waals surface area contributed by atoms with Gasteiger partial charge in [-0.1, -0.05) is 24.3 Å². The summed E-state index contributed by atoms with van der Waals surface area (Å²) in [6, 6.07) is 17.2. The van der Waals surface area contributed by atoms with Crippen molar-refractivity contribution in [1.29, 1.82) is 0 Å². The number of likely N-dealkylation sites (N-methyl/N-ethyl adjacent to an activating group) is 1. The SMILES string of the molecule is CNC(=O)c1cccc(-c2ncc(NC(=O)[C@H](C)NC)c(=O)n2Cc2cccc(-n3cc(C)c4cc(F)ccc43)c2)c1C. The molecule has 0 bridgehead atoms. The molecule has 0 saturated heterocycles. The second-order valence-corrected chi connectivity index (χ2v) is 10.5. The van der Waals surface area contributed by atoms with Crippen molar-refractivity contribution in [3.05, 3.63) is 111 Å². The first-order valence-electron chi connectivity index (χ1n) is 13.9. The number of amides is 2. The third-order valence-electron chi connectivity index (χ3n) is 7.67. The zero-order valence-corrected chi connectivity index (χ0v) is 24.7. The van der Waals surface area contributed by atoms with Crippen LogP contribution in [0.15, 0.2) is 77.9 Å². The summed E-state index contributed by atoms with van der Waals surface area (Å²) in [7, 11) is 3.22. The smallest absolute Gasteiger partial charge is 0.277 e. The second kappa shape index (κ2) is 12.0. The summed E-state index contributed by atoms with van der Waals surface area (Å²) >= 11 is 0. The predicted octanol–water partition coefficient (Wildman–Crippen LogP) is 4.56. The zero-order chi connectivity index (χ0) is 30.8. The van der Waals surface area contributed by atoms with Crippen molar-refractivity contribution in [2.45, 2.75) is 33.4 Å². The third-order valence-corrected chi connectivity index (χ3v) is 7.67. The van der Waals surface area contributed by atoms with Crippen LogP contribution in [0, 0.1) is 19.7 Å². The average molecular weight is 581 g/mol. The van der Waals surface area contributed by atoms with E-state index in [1.165, 1.54) is 22.9 Å². The van der Waals surface area contributed by atoms with Crippen LogP contribution >= 0.6 is 0 Å². The Labute approximate surface area is 248 Å². The summed E-state index contributed by atoms with van der Waals surface area (Å²) in [5, 5.41) is 9.02. The lowest BCUT2D eigenvalue weighted by atomic mass is 10.0. The summed E-state index contributed by atoms with van der Waals surface area (Å²) in [5.41, 5.74) is 4.80. The number of fused-ring (bicyclic) bond motifs is 1. The van der Waals surface area contributed by atoms with Crippen molar-refractivity contribution in [2.24, 2.45) is 0 Å². The fraction of sp³-hybridized carbons (Fsp3) is 0.212. The van der Waals surface area contributed by atoms with Gasteiger partial charge in [0.05, 0.1) is 24.3 Å². The van der Waals surface area contributed by atoms with Crippen LogP contribution < -0.4 is 21.5 Å². The Morgan fingerprint density at radius 2 is 1.79 bits per heavy atom. The number of benzene rings is 3. The lowest BCUT2D eigenvalue weighted by Gasteiger charge is -2.18. The molecular weight excluding hydrogens is 547 g/mol. The molecule has 0 aliphatic carbocycles. The van der Waals surface area contributed by atoms with Crippen molar-refractivity contribution >= 4 is 28.4 Å². The van der Waals surface area contributed by atoms with Crippen LogP contribution in [0.2, 0.25) is 0 Å². The molecule has 3 N–H and O–H groups in total. The number of hydrogen-bond donors (Lipinski definition) is 3. The molecule has 2 aromatic heterocycles. The minimum Gasteiger partial charge on any atom is -0.355 e. The van der Waals surface area contributed by atoms with Crippen molar-refractivity contribution in [3.63, 3.8) is 0 Å². The van der Waals surface area contributed by atoms with Gasteiger partial charge in [0.25, 0.3) is 11.5 Å². The first-order chi connectivity index (χ1) is 20.6. The molecule has 5 rings (SSSR count). The molecule has 2 amide bonds. The molecule has 2 heterocycles. The Kier molecular flexibility index (Phi) is 8.22. The molecule has 9 nitrogen and oxygen atoms in total. The molecule has 0 aliphatic rings. The molecule has 1 atom stereocenters. The molecule has 43 heavy (non-hydrogen) atoms. The molecule has 0 fully saturated rings. The van der Waals surface area contributed by atoms with Crippen LogP contribution in [0.5, 0.6) is 0 Å². The monoisotopic (exact) mass is 580 g/mol. The van der Waals surface area contributed by atoms with Gasteiger partial charge in [-0.2, -0.15) is 0 Å². The number of aromatic nitrogens is 3. The number of carbonyl (C=O) groups excluding carboxylic acids is 2. The van der Waals surface area contributed by atoms with E-state index >= 15 is 0 Å². The Morgan fingerprint density at radius 1 is 1.02 bits per heavy atom. The summed E-state index contributed by atoms with van der Waals surface area (Å²) in [5.74, 6) is -0.559. The van der Waals surface area contributed by atoms with Gasteiger partial charge in [-0.05, 0) is 80.9 Å². The summed E-state index contributed by atoms with van der Waals surface area (Å²) in [6.45, 7) is 5.57. The minimum absolute atomic E-state index is 0.0427. The fourth-order valence-electron chi connectivity index (χ4n) is 5.14. The summed E-state index contributed by atoms with van der Waals surface area (Å²) in [4.78, 5) is 43.7. The first kappa shape index (κ1) is 29.4. The Morgan fingerprint density at radius 3 is 2.53 bits per heavy atom. The first-order valence-corrected chi connectivity index (χ1v) is 13.9. The second-order valence-electron chi connectivity index (χ2n) is 10.5. The van der Waals surface area contributed by atoms with Crippen LogP contribution in [-0.2, 0) is 11.3 Å². The van der Waals surface area contributed by atoms with Gasteiger partial charge in [0.2, 0.25) is 5.91 Å². The average Bonchev–Trinajstić information content (AvgIpc) is 3.34. The van der Waals surface area contributed by atoms with E-state index in [0.717, 1.165) is 27.7 Å². The summed E-state index contributed by atoms with van der Waals surface area (Å²) < 4.78 is 17.4. The normalized spacial score (nSPS) is 11.9. The highest BCUT2D eigenvalue weighted by atomic mass is 19.1. The van der Waals surface area contributed by atoms with Crippen molar-refractivity contribution in [2.75, 3.05) is 19.4 Å². The molecule has 0 aliphatic heterocycles. The van der Waals surface area contributed by atoms with E-state index in [1.54, 1.807) is 39.2 Å². The van der Waals surface area contributed by atoms with Gasteiger partial charge in [-0.25, -0.2) is 9.37 Å². The van der Waals surface area contributed by atoms with E-state index in [0.29, 0.717) is 22.5 Å². The molecule has 3 aromatic carbocycles. The number of hydrogen-bond acceptors (Lipinski definition) is 5. The van der Waals surface area contributed by atoms with Gasteiger partial charge < -0.3 is 20.5 Å². The van der Waals surface area contributed by atoms with Crippen molar-refractivity contribution < 1.29 is 14.0 Å². The number of nitrogens with zero attached hydrogens (tertiary/aromatic N) is 3. The maximum absolute atomic E-state index is 13.9. The van der Waals surface area contributed by atoms with Gasteiger partial charge in [-0.15, -0.1) is 0 Å². The molecule has 10 heteroatoms. The van der Waals surface area contributed by atoms with Gasteiger partial charge in [-0.3, -0.25) is 19.0 Å². The maximum Gasteiger partial charge on any atom is 0.277 e.